The Bertz CT molecular complexity index is 491. The van der Waals surface area contributed by atoms with Gasteiger partial charge in [-0.05, 0) is 55.6 Å². The number of halogens is 1. The monoisotopic (exact) mass is 348 g/mol. The van der Waals surface area contributed by atoms with Crippen LogP contribution in [0, 0.1) is 11.2 Å². The summed E-state index contributed by atoms with van der Waals surface area (Å²) in [6.07, 6.45) is 16.2. The van der Waals surface area contributed by atoms with Crippen LogP contribution in [-0.2, 0) is 6.42 Å². The zero-order chi connectivity index (χ0) is 18.0. The Morgan fingerprint density at radius 3 is 2.40 bits per heavy atom. The average molecular weight is 349 g/mol. The fourth-order valence-electron chi connectivity index (χ4n) is 4.23. The van der Waals surface area contributed by atoms with Crippen LogP contribution in [0.2, 0.25) is 0 Å². The summed E-state index contributed by atoms with van der Waals surface area (Å²) < 4.78 is 20.1. The highest BCUT2D eigenvalue weighted by Gasteiger charge is 2.31. The molecule has 25 heavy (non-hydrogen) atoms. The molecule has 1 nitrogen and oxygen atoms in total. The number of hydrogen-bond acceptors (Lipinski definition) is 1. The van der Waals surface area contributed by atoms with Crippen LogP contribution in [-0.4, -0.2) is 6.61 Å². The number of hydrogen-bond donors (Lipinski definition) is 0. The largest absolute Gasteiger partial charge is 0.493 e. The number of rotatable bonds is 11. The van der Waals surface area contributed by atoms with E-state index in [4.69, 9.17) is 4.74 Å². The van der Waals surface area contributed by atoms with Gasteiger partial charge in [0.15, 0.2) is 0 Å². The topological polar surface area (TPSA) is 9.23 Å². The first-order chi connectivity index (χ1) is 12.2. The van der Waals surface area contributed by atoms with E-state index in [-0.39, 0.29) is 5.82 Å². The lowest BCUT2D eigenvalue weighted by Gasteiger charge is -2.38. The maximum atomic E-state index is 14.5. The fourth-order valence-corrected chi connectivity index (χ4v) is 4.23. The van der Waals surface area contributed by atoms with E-state index in [0.29, 0.717) is 17.8 Å². The van der Waals surface area contributed by atoms with Crippen molar-refractivity contribution in [2.45, 2.75) is 97.3 Å². The van der Waals surface area contributed by atoms with Crippen LogP contribution in [0.5, 0.6) is 5.75 Å². The van der Waals surface area contributed by atoms with Crippen LogP contribution in [0.15, 0.2) is 18.2 Å². The number of unbranched alkanes of at least 4 members (excludes halogenated alkanes) is 3. The van der Waals surface area contributed by atoms with Crippen molar-refractivity contribution in [2.24, 2.45) is 5.41 Å². The Hall–Kier alpha value is -1.05. The van der Waals surface area contributed by atoms with E-state index < -0.39 is 0 Å². The summed E-state index contributed by atoms with van der Waals surface area (Å²) in [4.78, 5) is 0. The molecule has 2 heteroatoms. The molecule has 1 aliphatic rings. The van der Waals surface area contributed by atoms with Gasteiger partial charge in [-0.25, -0.2) is 4.39 Å². The third-order valence-corrected chi connectivity index (χ3v) is 5.94. The minimum absolute atomic E-state index is 0.0893. The zero-order valence-electron chi connectivity index (χ0n) is 16.4. The van der Waals surface area contributed by atoms with Crippen molar-refractivity contribution in [1.29, 1.82) is 0 Å². The second-order valence-electron chi connectivity index (χ2n) is 7.97. The Morgan fingerprint density at radius 1 is 0.960 bits per heavy atom. The van der Waals surface area contributed by atoms with Crippen LogP contribution in [0.25, 0.3) is 0 Å². The predicted molar refractivity (Wildman–Crippen MR) is 105 cm³/mol. The molecule has 0 aromatic heterocycles. The second-order valence-corrected chi connectivity index (χ2v) is 7.97. The van der Waals surface area contributed by atoms with Gasteiger partial charge in [-0.3, -0.25) is 0 Å². The maximum Gasteiger partial charge on any atom is 0.130 e. The first-order valence-electron chi connectivity index (χ1n) is 10.6. The van der Waals surface area contributed by atoms with Crippen molar-refractivity contribution < 1.29 is 9.13 Å². The Morgan fingerprint density at radius 2 is 1.72 bits per heavy atom. The van der Waals surface area contributed by atoms with Crippen molar-refractivity contribution in [3.8, 4) is 5.75 Å². The molecule has 0 heterocycles. The highest BCUT2D eigenvalue weighted by atomic mass is 19.1. The molecule has 1 aromatic carbocycles. The summed E-state index contributed by atoms with van der Waals surface area (Å²) in [5.41, 5.74) is 1.33. The van der Waals surface area contributed by atoms with Crippen molar-refractivity contribution in [2.75, 3.05) is 6.61 Å². The summed E-state index contributed by atoms with van der Waals surface area (Å²) >= 11 is 0. The van der Waals surface area contributed by atoms with E-state index in [1.807, 2.05) is 12.1 Å². The molecule has 0 spiro atoms. The van der Waals surface area contributed by atoms with E-state index >= 15 is 0 Å². The van der Waals surface area contributed by atoms with E-state index in [2.05, 4.69) is 13.8 Å². The van der Waals surface area contributed by atoms with Gasteiger partial charge in [0.05, 0.1) is 6.61 Å². The smallest absolute Gasteiger partial charge is 0.130 e. The van der Waals surface area contributed by atoms with Gasteiger partial charge in [0, 0.05) is 6.07 Å². The van der Waals surface area contributed by atoms with Gasteiger partial charge in [-0.15, -0.1) is 0 Å². The van der Waals surface area contributed by atoms with Gasteiger partial charge < -0.3 is 4.74 Å². The molecule has 1 fully saturated rings. The molecular formula is C23H37FO. The molecule has 0 saturated heterocycles. The lowest BCUT2D eigenvalue weighted by molar-refractivity contribution is 0.152. The van der Waals surface area contributed by atoms with E-state index in [1.165, 1.54) is 57.8 Å². The molecule has 0 N–H and O–H groups in total. The summed E-state index contributed by atoms with van der Waals surface area (Å²) in [6, 6.07) is 5.47. The standard InChI is InChI=1S/C23H37FO/c1-3-5-8-14-23(15-9-7-10-16-23)17-13-20-11-12-21(19-22(20)24)25-18-6-4-2/h11-12,19H,3-10,13-18H2,1-2H3. The molecule has 1 aromatic rings. The predicted octanol–water partition coefficient (Wildman–Crippen LogP) is 7.47. The molecule has 0 atom stereocenters. The Kier molecular flexibility index (Phi) is 8.78. The number of benzene rings is 1. The molecule has 1 saturated carbocycles. The van der Waals surface area contributed by atoms with E-state index in [9.17, 15) is 4.39 Å². The van der Waals surface area contributed by atoms with Crippen molar-refractivity contribution >= 4 is 0 Å². The second kappa shape index (κ2) is 10.8. The molecule has 142 valence electrons. The molecule has 0 amide bonds. The molecular weight excluding hydrogens is 311 g/mol. The third kappa shape index (κ3) is 6.64. The summed E-state index contributed by atoms with van der Waals surface area (Å²) in [6.45, 7) is 5.08. The SMILES string of the molecule is CCCCCC1(CCc2ccc(OCCCC)cc2F)CCCCC1. The van der Waals surface area contributed by atoms with Crippen LogP contribution >= 0.6 is 0 Å². The van der Waals surface area contributed by atoms with Crippen LogP contribution in [0.1, 0.15) is 96.5 Å². The lowest BCUT2D eigenvalue weighted by atomic mass is 9.68. The van der Waals surface area contributed by atoms with Crippen molar-refractivity contribution in [1.82, 2.24) is 0 Å². The quantitative estimate of drug-likeness (QED) is 0.377. The van der Waals surface area contributed by atoms with Gasteiger partial charge in [0.25, 0.3) is 0 Å². The van der Waals surface area contributed by atoms with Gasteiger partial charge >= 0.3 is 0 Å². The van der Waals surface area contributed by atoms with Gasteiger partial charge in [0.2, 0.25) is 0 Å². The van der Waals surface area contributed by atoms with Crippen molar-refractivity contribution in [3.63, 3.8) is 0 Å². The Labute approximate surface area is 154 Å². The molecule has 0 aliphatic heterocycles. The maximum absolute atomic E-state index is 14.5. The lowest BCUT2D eigenvalue weighted by Crippen LogP contribution is -2.25. The van der Waals surface area contributed by atoms with Crippen LogP contribution < -0.4 is 4.74 Å². The van der Waals surface area contributed by atoms with Gasteiger partial charge in [-0.1, -0.05) is 64.9 Å². The van der Waals surface area contributed by atoms with E-state index in [1.54, 1.807) is 6.07 Å². The average Bonchev–Trinajstić information content (AvgIpc) is 2.62. The molecule has 2 rings (SSSR count). The van der Waals surface area contributed by atoms with E-state index in [0.717, 1.165) is 31.2 Å². The molecule has 0 radical (unpaired) electrons. The summed E-state index contributed by atoms with van der Waals surface area (Å²) in [5.74, 6) is 0.582. The van der Waals surface area contributed by atoms with Gasteiger partial charge in [-0.2, -0.15) is 0 Å². The highest BCUT2D eigenvalue weighted by Crippen LogP contribution is 2.44. The van der Waals surface area contributed by atoms with Crippen LogP contribution in [0.4, 0.5) is 4.39 Å². The molecule has 0 unspecified atom stereocenters. The first kappa shape index (κ1) is 20.3. The fraction of sp³-hybridized carbons (Fsp3) is 0.739. The van der Waals surface area contributed by atoms with Crippen molar-refractivity contribution in [3.05, 3.63) is 29.6 Å². The third-order valence-electron chi connectivity index (χ3n) is 5.94. The zero-order valence-corrected chi connectivity index (χ0v) is 16.4. The Balaban J connectivity index is 1.92. The number of aryl methyl sites for hydroxylation is 1. The summed E-state index contributed by atoms with van der Waals surface area (Å²) in [5, 5.41) is 0. The minimum Gasteiger partial charge on any atom is -0.493 e. The normalized spacial score (nSPS) is 16.8. The number of ether oxygens (including phenoxy) is 1. The molecule has 0 bridgehead atoms. The van der Waals surface area contributed by atoms with Gasteiger partial charge in [0.1, 0.15) is 11.6 Å². The molecule has 1 aliphatic carbocycles. The highest BCUT2D eigenvalue weighted by molar-refractivity contribution is 5.29. The first-order valence-corrected chi connectivity index (χ1v) is 10.6. The van der Waals surface area contributed by atoms with Crippen LogP contribution in [0.3, 0.4) is 0 Å². The summed E-state index contributed by atoms with van der Waals surface area (Å²) in [7, 11) is 0. The minimum atomic E-state index is -0.0893.